The van der Waals surface area contributed by atoms with Crippen LogP contribution in [0.25, 0.3) is 0 Å². The predicted octanol–water partition coefficient (Wildman–Crippen LogP) is 3.06. The number of H-pyrrole nitrogens is 1. The average molecular weight is 642 g/mol. The van der Waals surface area contributed by atoms with E-state index in [1.165, 1.54) is 0 Å². The van der Waals surface area contributed by atoms with E-state index in [1.807, 2.05) is 50.3 Å². The highest BCUT2D eigenvalue weighted by Crippen LogP contribution is 2.40. The number of carbonyl (C=O) groups excluding carboxylic acids is 2. The number of aryl methyl sites for hydroxylation is 2. The molecule has 3 fully saturated rings. The standard InChI is InChI=1S/C33H51N7O4S/c1-7-8-11-40-31(41)28(18-23(2)3)36-32(42)33(40)9-12-38(13-10-33)29(27-21-34-35-22-27)26-19-24(4)30(25(5)20-26)45(43,44)39-16-14-37(6)15-17-39/h19-23,28-29H,7-18H2,1-6H3,(H,34,35)(H,36,42)/t28-,29?/m0/s1. The average Bonchev–Trinajstić information content (AvgIpc) is 3.51. The fraction of sp³-hybridized carbons (Fsp3) is 0.667. The van der Waals surface area contributed by atoms with Crippen molar-refractivity contribution >= 4 is 21.8 Å². The summed E-state index contributed by atoms with van der Waals surface area (Å²) in [7, 11) is -1.62. The molecule has 3 aliphatic rings. The van der Waals surface area contributed by atoms with E-state index in [4.69, 9.17) is 0 Å². The molecule has 0 aliphatic carbocycles. The zero-order valence-electron chi connectivity index (χ0n) is 27.8. The molecule has 11 nitrogen and oxygen atoms in total. The van der Waals surface area contributed by atoms with Crippen molar-refractivity contribution in [2.75, 3.05) is 52.9 Å². The number of unbranched alkanes of at least 4 members (excludes halogenated alkanes) is 1. The van der Waals surface area contributed by atoms with Gasteiger partial charge < -0.3 is 15.1 Å². The molecule has 4 heterocycles. The molecule has 5 rings (SSSR count). The Balaban J connectivity index is 1.43. The van der Waals surface area contributed by atoms with E-state index in [9.17, 15) is 18.0 Å². The molecule has 45 heavy (non-hydrogen) atoms. The molecule has 2 atom stereocenters. The van der Waals surface area contributed by atoms with Crippen molar-refractivity contribution in [3.63, 3.8) is 0 Å². The first-order valence-corrected chi connectivity index (χ1v) is 18.0. The van der Waals surface area contributed by atoms with Crippen LogP contribution < -0.4 is 5.32 Å². The molecule has 1 spiro atoms. The van der Waals surface area contributed by atoms with Gasteiger partial charge in [-0.25, -0.2) is 8.42 Å². The Kier molecular flexibility index (Phi) is 10.1. The van der Waals surface area contributed by atoms with Gasteiger partial charge in [-0.15, -0.1) is 0 Å². The van der Waals surface area contributed by atoms with E-state index in [1.54, 1.807) is 4.31 Å². The van der Waals surface area contributed by atoms with Crippen LogP contribution in [-0.2, 0) is 19.6 Å². The molecule has 0 radical (unpaired) electrons. The summed E-state index contributed by atoms with van der Waals surface area (Å²) in [4.78, 5) is 34.4. The summed E-state index contributed by atoms with van der Waals surface area (Å²) in [5, 5.41) is 10.3. The number of aromatic amines is 1. The minimum absolute atomic E-state index is 0.0338. The van der Waals surface area contributed by atoms with Gasteiger partial charge in [0, 0.05) is 57.6 Å². The third-order valence-corrected chi connectivity index (χ3v) is 12.1. The minimum atomic E-state index is -3.63. The second-order valence-corrected chi connectivity index (χ2v) is 15.6. The quantitative estimate of drug-likeness (QED) is 0.409. The summed E-state index contributed by atoms with van der Waals surface area (Å²) in [5.41, 5.74) is 2.56. The SMILES string of the molecule is CCCCN1C(=O)[C@H](CC(C)C)NC(=O)C12CCN(C(c1cn[nH]c1)c1cc(C)c(S(=O)(=O)N3CCN(C)CC3)c(C)c1)CC2. The van der Waals surface area contributed by atoms with E-state index < -0.39 is 21.6 Å². The van der Waals surface area contributed by atoms with Crippen molar-refractivity contribution in [1.82, 2.24) is 34.5 Å². The van der Waals surface area contributed by atoms with Gasteiger partial charge in [0.25, 0.3) is 0 Å². The second kappa shape index (κ2) is 13.5. The normalized spacial score (nSPS) is 22.7. The van der Waals surface area contributed by atoms with Gasteiger partial charge in [0.15, 0.2) is 0 Å². The molecular formula is C33H51N7O4S. The lowest BCUT2D eigenvalue weighted by molar-refractivity contribution is -0.162. The van der Waals surface area contributed by atoms with Crippen LogP contribution in [0.4, 0.5) is 0 Å². The van der Waals surface area contributed by atoms with E-state index in [-0.39, 0.29) is 17.9 Å². The molecule has 3 saturated heterocycles. The third-order valence-electron chi connectivity index (χ3n) is 9.94. The Bertz CT molecular complexity index is 1440. The summed E-state index contributed by atoms with van der Waals surface area (Å²) in [6, 6.07) is 3.35. The molecule has 1 unspecified atom stereocenters. The highest BCUT2D eigenvalue weighted by Gasteiger charge is 2.54. The van der Waals surface area contributed by atoms with Gasteiger partial charge in [-0.2, -0.15) is 9.40 Å². The van der Waals surface area contributed by atoms with E-state index in [0.29, 0.717) is 75.9 Å². The van der Waals surface area contributed by atoms with Gasteiger partial charge in [0.05, 0.1) is 17.1 Å². The van der Waals surface area contributed by atoms with Gasteiger partial charge in [0.1, 0.15) is 11.6 Å². The third kappa shape index (κ3) is 6.57. The Morgan fingerprint density at radius 2 is 1.64 bits per heavy atom. The molecular weight excluding hydrogens is 590 g/mol. The van der Waals surface area contributed by atoms with Crippen LogP contribution in [0.1, 0.15) is 81.2 Å². The Morgan fingerprint density at radius 1 is 1.00 bits per heavy atom. The second-order valence-electron chi connectivity index (χ2n) is 13.7. The molecule has 1 aromatic carbocycles. The Hall–Kier alpha value is -2.80. The smallest absolute Gasteiger partial charge is 0.246 e. The van der Waals surface area contributed by atoms with Crippen LogP contribution in [0.3, 0.4) is 0 Å². The molecule has 2 N–H and O–H groups in total. The predicted molar refractivity (Wildman–Crippen MR) is 174 cm³/mol. The summed E-state index contributed by atoms with van der Waals surface area (Å²) in [6.45, 7) is 14.2. The van der Waals surface area contributed by atoms with Gasteiger partial charge >= 0.3 is 0 Å². The monoisotopic (exact) mass is 641 g/mol. The van der Waals surface area contributed by atoms with E-state index >= 15 is 0 Å². The summed E-state index contributed by atoms with van der Waals surface area (Å²) in [6.07, 6.45) is 7.21. The lowest BCUT2D eigenvalue weighted by Crippen LogP contribution is -2.73. The van der Waals surface area contributed by atoms with Crippen LogP contribution in [-0.4, -0.2) is 114 Å². The van der Waals surface area contributed by atoms with Gasteiger partial charge in [-0.05, 0) is 69.2 Å². The number of hydrogen-bond donors (Lipinski definition) is 2. The van der Waals surface area contributed by atoms with Crippen molar-refractivity contribution in [3.05, 3.63) is 46.8 Å². The number of sulfonamides is 1. The maximum Gasteiger partial charge on any atom is 0.246 e. The largest absolute Gasteiger partial charge is 0.342 e. The number of nitrogens with zero attached hydrogens (tertiary/aromatic N) is 5. The zero-order chi connectivity index (χ0) is 32.5. The van der Waals surface area contributed by atoms with Crippen molar-refractivity contribution in [2.45, 2.75) is 89.2 Å². The Morgan fingerprint density at radius 3 is 2.20 bits per heavy atom. The van der Waals surface area contributed by atoms with Crippen LogP contribution >= 0.6 is 0 Å². The molecule has 2 aromatic rings. The number of nitrogens with one attached hydrogen (secondary N) is 2. The first kappa shape index (κ1) is 33.6. The number of aromatic nitrogens is 2. The number of piperazine rings is 2. The highest BCUT2D eigenvalue weighted by molar-refractivity contribution is 7.89. The Labute approximate surface area is 268 Å². The molecule has 12 heteroatoms. The number of likely N-dealkylation sites (tertiary alicyclic amines) is 1. The molecule has 248 valence electrons. The van der Waals surface area contributed by atoms with Crippen molar-refractivity contribution in [1.29, 1.82) is 0 Å². The van der Waals surface area contributed by atoms with Crippen LogP contribution in [0, 0.1) is 19.8 Å². The number of carbonyl (C=O) groups is 2. The van der Waals surface area contributed by atoms with Crippen LogP contribution in [0.15, 0.2) is 29.4 Å². The minimum Gasteiger partial charge on any atom is -0.342 e. The molecule has 3 aliphatic heterocycles. The van der Waals surface area contributed by atoms with Gasteiger partial charge in [-0.1, -0.05) is 39.3 Å². The van der Waals surface area contributed by atoms with Crippen molar-refractivity contribution in [3.8, 4) is 0 Å². The molecule has 1 aromatic heterocycles. The van der Waals surface area contributed by atoms with Crippen LogP contribution in [0.2, 0.25) is 0 Å². The topological polar surface area (TPSA) is 122 Å². The number of amides is 2. The maximum atomic E-state index is 13.8. The van der Waals surface area contributed by atoms with Crippen molar-refractivity contribution < 1.29 is 18.0 Å². The number of rotatable bonds is 10. The number of piperidine rings is 1. The van der Waals surface area contributed by atoms with E-state index in [2.05, 4.69) is 46.1 Å². The lowest BCUT2D eigenvalue weighted by atomic mass is 9.79. The summed E-state index contributed by atoms with van der Waals surface area (Å²) >= 11 is 0. The van der Waals surface area contributed by atoms with Crippen LogP contribution in [0.5, 0.6) is 0 Å². The van der Waals surface area contributed by atoms with E-state index in [0.717, 1.165) is 35.1 Å². The number of hydrogen-bond acceptors (Lipinski definition) is 7. The maximum absolute atomic E-state index is 13.8. The lowest BCUT2D eigenvalue weighted by Gasteiger charge is -2.52. The van der Waals surface area contributed by atoms with Crippen molar-refractivity contribution in [2.24, 2.45) is 5.92 Å². The van der Waals surface area contributed by atoms with Gasteiger partial charge in [0.2, 0.25) is 21.8 Å². The first-order valence-electron chi connectivity index (χ1n) is 16.5. The number of benzene rings is 1. The highest BCUT2D eigenvalue weighted by atomic mass is 32.2. The summed E-state index contributed by atoms with van der Waals surface area (Å²) < 4.78 is 29.2. The fourth-order valence-electron chi connectivity index (χ4n) is 7.53. The zero-order valence-corrected chi connectivity index (χ0v) is 28.6. The molecule has 0 bridgehead atoms. The molecule has 0 saturated carbocycles. The first-order chi connectivity index (χ1) is 21.4. The molecule has 2 amide bonds. The van der Waals surface area contributed by atoms with Gasteiger partial charge in [-0.3, -0.25) is 19.6 Å². The fourth-order valence-corrected chi connectivity index (χ4v) is 9.36. The summed E-state index contributed by atoms with van der Waals surface area (Å²) in [5.74, 6) is 0.308. The number of likely N-dealkylation sites (N-methyl/N-ethyl adjacent to an activating group) is 1.